The molecular weight excluding hydrogens is 464 g/mol. The van der Waals surface area contributed by atoms with Gasteiger partial charge in [-0.25, -0.2) is 14.5 Å². The van der Waals surface area contributed by atoms with Gasteiger partial charge in [0.15, 0.2) is 5.65 Å². The van der Waals surface area contributed by atoms with Crippen LogP contribution in [0.4, 0.5) is 5.82 Å². The molecule has 1 aliphatic heterocycles. The molecule has 4 aromatic rings. The van der Waals surface area contributed by atoms with E-state index < -0.39 is 0 Å². The summed E-state index contributed by atoms with van der Waals surface area (Å²) in [5, 5.41) is 12.0. The highest BCUT2D eigenvalue weighted by Gasteiger charge is 2.35. The molecule has 4 aromatic heterocycles. The summed E-state index contributed by atoms with van der Waals surface area (Å²) in [7, 11) is 1.62. The first kappa shape index (κ1) is 22.9. The molecule has 0 aliphatic carbocycles. The Kier molecular flexibility index (Phi) is 6.18. The molecule has 11 heteroatoms. The van der Waals surface area contributed by atoms with E-state index in [2.05, 4.69) is 15.7 Å². The smallest absolute Gasteiger partial charge is 0.251 e. The molecule has 0 radical (unpaired) electrons. The summed E-state index contributed by atoms with van der Waals surface area (Å²) >= 11 is 1.61. The third kappa shape index (κ3) is 4.47. The van der Waals surface area contributed by atoms with Crippen LogP contribution >= 0.6 is 11.3 Å². The van der Waals surface area contributed by atoms with Crippen molar-refractivity contribution < 1.29 is 9.59 Å². The zero-order valence-corrected chi connectivity index (χ0v) is 20.2. The van der Waals surface area contributed by atoms with E-state index in [0.29, 0.717) is 41.4 Å². The van der Waals surface area contributed by atoms with Gasteiger partial charge in [-0.05, 0) is 43.0 Å². The number of nitrogens with zero attached hydrogens (tertiary/aromatic N) is 5. The molecule has 35 heavy (non-hydrogen) atoms. The molecule has 2 atom stereocenters. The summed E-state index contributed by atoms with van der Waals surface area (Å²) in [5.74, 6) is 0.222. The number of rotatable bonds is 7. The van der Waals surface area contributed by atoms with Crippen LogP contribution in [0.2, 0.25) is 0 Å². The Morgan fingerprint density at radius 3 is 2.80 bits per heavy atom. The standard InChI is InChI=1S/C24H26N8O2S/c1-14(25)12-27-23(33)15-10-18(29-21(11-15)31-7-6-19(31)24(34)26-2)16-13-28-32-8-5-17(30-22(16)32)20-4-3-9-35-20/h3-5,8-11,13-14,19H,6-7,12,25H2,1-2H3,(H,26,34)(H,27,33)/t14?,19-/m0/s1. The van der Waals surface area contributed by atoms with Gasteiger partial charge in [0.25, 0.3) is 5.91 Å². The van der Waals surface area contributed by atoms with Crippen molar-refractivity contribution in [2.24, 2.45) is 5.73 Å². The predicted molar refractivity (Wildman–Crippen MR) is 135 cm³/mol. The van der Waals surface area contributed by atoms with Gasteiger partial charge in [0.1, 0.15) is 11.9 Å². The number of hydrogen-bond donors (Lipinski definition) is 3. The maximum absolute atomic E-state index is 13.0. The molecule has 180 valence electrons. The molecule has 0 saturated carbocycles. The molecule has 1 fully saturated rings. The maximum Gasteiger partial charge on any atom is 0.251 e. The average Bonchev–Trinajstić information content (AvgIpc) is 3.51. The first-order valence-electron chi connectivity index (χ1n) is 11.4. The van der Waals surface area contributed by atoms with Gasteiger partial charge in [-0.1, -0.05) is 6.07 Å². The van der Waals surface area contributed by atoms with Crippen molar-refractivity contribution in [2.75, 3.05) is 25.0 Å². The van der Waals surface area contributed by atoms with Gasteiger partial charge >= 0.3 is 0 Å². The Balaban J connectivity index is 1.59. The fourth-order valence-corrected chi connectivity index (χ4v) is 4.70. The van der Waals surface area contributed by atoms with Crippen LogP contribution in [0.15, 0.2) is 48.1 Å². The predicted octanol–water partition coefficient (Wildman–Crippen LogP) is 1.92. The number of nitrogens with two attached hydrogens (primary N) is 1. The summed E-state index contributed by atoms with van der Waals surface area (Å²) in [6.07, 6.45) is 4.28. The number of aromatic nitrogens is 4. The first-order valence-corrected chi connectivity index (χ1v) is 12.3. The largest absolute Gasteiger partial charge is 0.357 e. The lowest BCUT2D eigenvalue weighted by Crippen LogP contribution is -2.56. The minimum Gasteiger partial charge on any atom is -0.357 e. The lowest BCUT2D eigenvalue weighted by Gasteiger charge is -2.40. The molecule has 1 saturated heterocycles. The second-order valence-corrected chi connectivity index (χ2v) is 9.46. The van der Waals surface area contributed by atoms with Crippen LogP contribution in [0.25, 0.3) is 27.5 Å². The Hall–Kier alpha value is -3.83. The van der Waals surface area contributed by atoms with Crippen LogP contribution in [0.5, 0.6) is 0 Å². The highest BCUT2D eigenvalue weighted by atomic mass is 32.1. The first-order chi connectivity index (χ1) is 16.9. The van der Waals surface area contributed by atoms with Gasteiger partial charge in [0, 0.05) is 37.9 Å². The van der Waals surface area contributed by atoms with E-state index >= 15 is 0 Å². The van der Waals surface area contributed by atoms with Gasteiger partial charge < -0.3 is 21.3 Å². The lowest BCUT2D eigenvalue weighted by atomic mass is 10.0. The lowest BCUT2D eigenvalue weighted by molar-refractivity contribution is -0.123. The van der Waals surface area contributed by atoms with Crippen molar-refractivity contribution in [3.05, 3.63) is 53.7 Å². The van der Waals surface area contributed by atoms with E-state index in [-0.39, 0.29) is 23.9 Å². The molecule has 4 N–H and O–H groups in total. The number of anilines is 1. The molecular formula is C24H26N8O2S. The van der Waals surface area contributed by atoms with Gasteiger partial charge in [-0.15, -0.1) is 11.3 Å². The van der Waals surface area contributed by atoms with E-state index in [9.17, 15) is 9.59 Å². The normalized spacial score (nSPS) is 16.1. The van der Waals surface area contributed by atoms with E-state index in [1.165, 1.54) is 0 Å². The third-order valence-corrected chi connectivity index (χ3v) is 6.83. The summed E-state index contributed by atoms with van der Waals surface area (Å²) in [6, 6.07) is 8.86. The molecule has 5 rings (SSSR count). The molecule has 1 unspecified atom stereocenters. The topological polar surface area (TPSA) is 131 Å². The Bertz CT molecular complexity index is 1380. The third-order valence-electron chi connectivity index (χ3n) is 5.94. The quantitative estimate of drug-likeness (QED) is 0.361. The van der Waals surface area contributed by atoms with E-state index in [4.69, 9.17) is 15.7 Å². The van der Waals surface area contributed by atoms with E-state index in [0.717, 1.165) is 17.0 Å². The Labute approximate surface area is 206 Å². The second kappa shape index (κ2) is 9.43. The average molecular weight is 491 g/mol. The van der Waals surface area contributed by atoms with Crippen LogP contribution in [-0.4, -0.2) is 63.6 Å². The number of carbonyl (C=O) groups excluding carboxylic acids is 2. The molecule has 10 nitrogen and oxygen atoms in total. The Morgan fingerprint density at radius 1 is 1.26 bits per heavy atom. The van der Waals surface area contributed by atoms with E-state index in [1.54, 1.807) is 41.2 Å². The SMILES string of the molecule is CNC(=O)[C@@H]1CCN1c1cc(C(=O)NCC(C)N)cc(-c2cnn3ccc(-c4cccs4)nc23)n1. The number of nitrogens with one attached hydrogen (secondary N) is 2. The zero-order chi connectivity index (χ0) is 24.5. The zero-order valence-electron chi connectivity index (χ0n) is 19.4. The molecule has 5 heterocycles. The summed E-state index contributed by atoms with van der Waals surface area (Å²) < 4.78 is 1.69. The molecule has 0 bridgehead atoms. The summed E-state index contributed by atoms with van der Waals surface area (Å²) in [4.78, 5) is 37.9. The highest BCUT2D eigenvalue weighted by Crippen LogP contribution is 2.31. The number of carbonyl (C=O) groups is 2. The monoisotopic (exact) mass is 490 g/mol. The molecule has 0 spiro atoms. The van der Waals surface area contributed by atoms with Crippen molar-refractivity contribution in [3.63, 3.8) is 0 Å². The van der Waals surface area contributed by atoms with Crippen LogP contribution in [-0.2, 0) is 4.79 Å². The van der Waals surface area contributed by atoms with Crippen molar-refractivity contribution in [1.82, 2.24) is 30.2 Å². The van der Waals surface area contributed by atoms with Crippen molar-refractivity contribution >= 4 is 34.6 Å². The molecule has 1 aliphatic rings. The van der Waals surface area contributed by atoms with Crippen molar-refractivity contribution in [2.45, 2.75) is 25.4 Å². The fraction of sp³-hybridized carbons (Fsp3) is 0.292. The van der Waals surface area contributed by atoms with Gasteiger partial charge in [-0.3, -0.25) is 9.59 Å². The van der Waals surface area contributed by atoms with Crippen molar-refractivity contribution in [3.8, 4) is 21.8 Å². The number of fused-ring (bicyclic) bond motifs is 1. The van der Waals surface area contributed by atoms with Crippen LogP contribution < -0.4 is 21.3 Å². The van der Waals surface area contributed by atoms with Crippen LogP contribution in [0, 0.1) is 0 Å². The number of amides is 2. The van der Waals surface area contributed by atoms with Crippen molar-refractivity contribution in [1.29, 1.82) is 0 Å². The number of pyridine rings is 1. The van der Waals surface area contributed by atoms with Gasteiger partial charge in [0.2, 0.25) is 5.91 Å². The fourth-order valence-electron chi connectivity index (χ4n) is 4.00. The van der Waals surface area contributed by atoms with Crippen LogP contribution in [0.1, 0.15) is 23.7 Å². The number of hydrogen-bond acceptors (Lipinski definition) is 8. The number of thiophene rings is 1. The van der Waals surface area contributed by atoms with Gasteiger partial charge in [-0.2, -0.15) is 5.10 Å². The minimum absolute atomic E-state index is 0.0790. The second-order valence-electron chi connectivity index (χ2n) is 8.52. The van der Waals surface area contributed by atoms with E-state index in [1.807, 2.05) is 41.6 Å². The molecule has 0 aromatic carbocycles. The highest BCUT2D eigenvalue weighted by molar-refractivity contribution is 7.13. The maximum atomic E-state index is 13.0. The molecule has 2 amide bonds. The van der Waals surface area contributed by atoms with Crippen LogP contribution in [0.3, 0.4) is 0 Å². The van der Waals surface area contributed by atoms with Gasteiger partial charge in [0.05, 0.1) is 28.0 Å². The minimum atomic E-state index is -0.324. The summed E-state index contributed by atoms with van der Waals surface area (Å²) in [5.41, 5.74) is 8.98. The number of likely N-dealkylation sites (N-methyl/N-ethyl adjacent to an activating group) is 1. The summed E-state index contributed by atoms with van der Waals surface area (Å²) in [6.45, 7) is 2.84. The Morgan fingerprint density at radius 2 is 2.11 bits per heavy atom.